The molecule has 0 atom stereocenters. The molecule has 0 aliphatic carbocycles. The van der Waals surface area contributed by atoms with Crippen LogP contribution in [0, 0.1) is 13.8 Å². The molecule has 2 N–H and O–H groups in total. The van der Waals surface area contributed by atoms with Gasteiger partial charge >= 0.3 is 0 Å². The van der Waals surface area contributed by atoms with E-state index >= 15 is 0 Å². The lowest BCUT2D eigenvalue weighted by molar-refractivity contribution is 0.102. The van der Waals surface area contributed by atoms with Crippen molar-refractivity contribution in [3.05, 3.63) is 82.0 Å². The first-order valence-corrected chi connectivity index (χ1v) is 8.60. The molecule has 5 nitrogen and oxygen atoms in total. The van der Waals surface area contributed by atoms with Gasteiger partial charge in [0.05, 0.1) is 0 Å². The first kappa shape index (κ1) is 17.9. The molecule has 3 aromatic rings. The van der Waals surface area contributed by atoms with Gasteiger partial charge in [-0.05, 0) is 55.3 Å². The molecule has 132 valence electrons. The summed E-state index contributed by atoms with van der Waals surface area (Å²) in [5.41, 5.74) is 4.20. The summed E-state index contributed by atoms with van der Waals surface area (Å²) < 4.78 is 0. The number of hydrogen-bond donors (Lipinski definition) is 2. The summed E-state index contributed by atoms with van der Waals surface area (Å²) in [4.78, 5) is 12.3. The van der Waals surface area contributed by atoms with Gasteiger partial charge in [0.2, 0.25) is 0 Å². The van der Waals surface area contributed by atoms with Gasteiger partial charge in [-0.1, -0.05) is 41.4 Å². The fourth-order valence-corrected chi connectivity index (χ4v) is 2.74. The van der Waals surface area contributed by atoms with E-state index in [0.29, 0.717) is 23.1 Å². The molecule has 0 radical (unpaired) electrons. The lowest BCUT2D eigenvalue weighted by atomic mass is 10.1. The molecule has 1 heterocycles. The second kappa shape index (κ2) is 7.97. The predicted molar refractivity (Wildman–Crippen MR) is 105 cm³/mol. The maximum Gasteiger partial charge on any atom is 0.276 e. The van der Waals surface area contributed by atoms with E-state index in [0.717, 1.165) is 11.1 Å². The Morgan fingerprint density at radius 1 is 1.04 bits per heavy atom. The van der Waals surface area contributed by atoms with Crippen LogP contribution in [0.5, 0.6) is 0 Å². The van der Waals surface area contributed by atoms with Crippen molar-refractivity contribution in [2.45, 2.75) is 20.4 Å². The molecule has 0 aliphatic rings. The van der Waals surface area contributed by atoms with Crippen LogP contribution in [-0.2, 0) is 6.54 Å². The topological polar surface area (TPSA) is 66.9 Å². The molecule has 6 heteroatoms. The maximum atomic E-state index is 12.3. The highest BCUT2D eigenvalue weighted by atomic mass is 35.5. The van der Waals surface area contributed by atoms with Crippen molar-refractivity contribution in [3.8, 4) is 0 Å². The Hall–Kier alpha value is -2.92. The molecule has 0 saturated carbocycles. The van der Waals surface area contributed by atoms with Crippen LogP contribution in [0.15, 0.2) is 54.6 Å². The predicted octanol–water partition coefficient (Wildman–Crippen LogP) is 4.61. The van der Waals surface area contributed by atoms with Crippen molar-refractivity contribution in [3.63, 3.8) is 0 Å². The summed E-state index contributed by atoms with van der Waals surface area (Å²) in [6.07, 6.45) is 0. The molecule has 0 saturated heterocycles. The van der Waals surface area contributed by atoms with Gasteiger partial charge in [0.15, 0.2) is 5.69 Å². The highest BCUT2D eigenvalue weighted by Crippen LogP contribution is 2.20. The molecule has 26 heavy (non-hydrogen) atoms. The highest BCUT2D eigenvalue weighted by Gasteiger charge is 2.10. The molecule has 3 rings (SSSR count). The van der Waals surface area contributed by atoms with Gasteiger partial charge in [-0.2, -0.15) is 0 Å². The Kier molecular flexibility index (Phi) is 5.49. The summed E-state index contributed by atoms with van der Waals surface area (Å²) >= 11 is 5.93. The van der Waals surface area contributed by atoms with Gasteiger partial charge < -0.3 is 10.6 Å². The first-order valence-electron chi connectivity index (χ1n) is 8.22. The molecular weight excluding hydrogens is 348 g/mol. The van der Waals surface area contributed by atoms with Crippen LogP contribution in [-0.4, -0.2) is 16.1 Å². The Morgan fingerprint density at radius 3 is 2.58 bits per heavy atom. The highest BCUT2D eigenvalue weighted by molar-refractivity contribution is 6.30. The monoisotopic (exact) mass is 366 g/mol. The fourth-order valence-electron chi connectivity index (χ4n) is 2.52. The molecule has 0 bridgehead atoms. The number of aromatic nitrogens is 2. The second-order valence-corrected chi connectivity index (χ2v) is 6.50. The van der Waals surface area contributed by atoms with Crippen molar-refractivity contribution in [2.75, 3.05) is 10.6 Å². The molecule has 1 aromatic heterocycles. The summed E-state index contributed by atoms with van der Waals surface area (Å²) in [5, 5.41) is 14.7. The normalized spacial score (nSPS) is 10.4. The third-order valence-corrected chi connectivity index (χ3v) is 4.13. The van der Waals surface area contributed by atoms with Gasteiger partial charge in [-0.3, -0.25) is 4.79 Å². The smallest absolute Gasteiger partial charge is 0.276 e. The average Bonchev–Trinajstić information content (AvgIpc) is 2.63. The van der Waals surface area contributed by atoms with Crippen molar-refractivity contribution in [1.29, 1.82) is 0 Å². The number of amides is 1. The van der Waals surface area contributed by atoms with E-state index in [9.17, 15) is 4.79 Å². The van der Waals surface area contributed by atoms with E-state index in [4.69, 9.17) is 11.6 Å². The van der Waals surface area contributed by atoms with Crippen molar-refractivity contribution >= 4 is 29.0 Å². The number of rotatable bonds is 5. The average molecular weight is 367 g/mol. The zero-order chi connectivity index (χ0) is 18.5. The SMILES string of the molecule is Cc1cccc(CNc2ccc(C(=O)Nc3ccc(Cl)cc3C)nn2)c1. The van der Waals surface area contributed by atoms with Crippen molar-refractivity contribution < 1.29 is 4.79 Å². The number of nitrogens with one attached hydrogen (secondary N) is 2. The van der Waals surface area contributed by atoms with Crippen LogP contribution in [0.3, 0.4) is 0 Å². The van der Waals surface area contributed by atoms with E-state index in [-0.39, 0.29) is 11.6 Å². The zero-order valence-corrected chi connectivity index (χ0v) is 15.3. The first-order chi connectivity index (χ1) is 12.5. The zero-order valence-electron chi connectivity index (χ0n) is 14.6. The Labute approximate surface area is 157 Å². The van der Waals surface area contributed by atoms with Crippen molar-refractivity contribution in [1.82, 2.24) is 10.2 Å². The molecule has 0 spiro atoms. The van der Waals surface area contributed by atoms with Crippen LogP contribution in [0.25, 0.3) is 0 Å². The Balaban J connectivity index is 1.62. The van der Waals surface area contributed by atoms with Gasteiger partial charge in [0.25, 0.3) is 5.91 Å². The lowest BCUT2D eigenvalue weighted by Gasteiger charge is -2.09. The van der Waals surface area contributed by atoms with Gasteiger partial charge in [0, 0.05) is 17.3 Å². The quantitative estimate of drug-likeness (QED) is 0.691. The van der Waals surface area contributed by atoms with E-state index in [1.165, 1.54) is 5.56 Å². The molecule has 0 fully saturated rings. The van der Waals surface area contributed by atoms with Crippen LogP contribution in [0.4, 0.5) is 11.5 Å². The second-order valence-electron chi connectivity index (χ2n) is 6.06. The molecular formula is C20H19ClN4O. The number of benzene rings is 2. The molecule has 1 amide bonds. The van der Waals surface area contributed by atoms with Gasteiger partial charge in [-0.15, -0.1) is 10.2 Å². The largest absolute Gasteiger partial charge is 0.365 e. The minimum atomic E-state index is -0.312. The summed E-state index contributed by atoms with van der Waals surface area (Å²) in [5.74, 6) is 0.305. The third-order valence-electron chi connectivity index (χ3n) is 3.89. The minimum absolute atomic E-state index is 0.250. The number of carbonyl (C=O) groups excluding carboxylic acids is 1. The maximum absolute atomic E-state index is 12.3. The Bertz CT molecular complexity index is 925. The van der Waals surface area contributed by atoms with Crippen LogP contribution in [0.2, 0.25) is 5.02 Å². The summed E-state index contributed by atoms with van der Waals surface area (Å²) in [7, 11) is 0. The van der Waals surface area contributed by atoms with E-state index in [1.807, 2.05) is 19.1 Å². The van der Waals surface area contributed by atoms with Crippen LogP contribution < -0.4 is 10.6 Å². The van der Waals surface area contributed by atoms with Crippen LogP contribution >= 0.6 is 11.6 Å². The number of carbonyl (C=O) groups is 1. The summed E-state index contributed by atoms with van der Waals surface area (Å²) in [6, 6.07) is 16.9. The third kappa shape index (κ3) is 4.58. The van der Waals surface area contributed by atoms with E-state index in [2.05, 4.69) is 39.9 Å². The number of nitrogens with zero attached hydrogens (tertiary/aromatic N) is 2. The van der Waals surface area contributed by atoms with E-state index < -0.39 is 0 Å². The molecule has 2 aromatic carbocycles. The standard InChI is InChI=1S/C20H19ClN4O/c1-13-4-3-5-15(10-13)12-22-19-9-8-18(24-25-19)20(26)23-17-7-6-16(21)11-14(17)2/h3-11H,12H2,1-2H3,(H,22,25)(H,23,26). The summed E-state index contributed by atoms with van der Waals surface area (Å²) in [6.45, 7) is 4.58. The van der Waals surface area contributed by atoms with E-state index in [1.54, 1.807) is 30.3 Å². The van der Waals surface area contributed by atoms with Gasteiger partial charge in [0.1, 0.15) is 5.82 Å². The van der Waals surface area contributed by atoms with Crippen molar-refractivity contribution in [2.24, 2.45) is 0 Å². The number of hydrogen-bond acceptors (Lipinski definition) is 4. The number of halogens is 1. The number of aryl methyl sites for hydroxylation is 2. The minimum Gasteiger partial charge on any atom is -0.365 e. The van der Waals surface area contributed by atoms with Crippen LogP contribution in [0.1, 0.15) is 27.2 Å². The lowest BCUT2D eigenvalue weighted by Crippen LogP contribution is -2.15. The molecule has 0 aliphatic heterocycles. The Morgan fingerprint density at radius 2 is 1.88 bits per heavy atom. The number of anilines is 2. The molecule has 0 unspecified atom stereocenters. The fraction of sp³-hybridized carbons (Fsp3) is 0.150. The van der Waals surface area contributed by atoms with Gasteiger partial charge in [-0.25, -0.2) is 0 Å².